The van der Waals surface area contributed by atoms with Crippen LogP contribution in [0.1, 0.15) is 55.9 Å². The predicted octanol–water partition coefficient (Wildman–Crippen LogP) is 4.61. The number of thiophene rings is 1. The summed E-state index contributed by atoms with van der Waals surface area (Å²) in [6, 6.07) is 11.0. The van der Waals surface area contributed by atoms with E-state index >= 15 is 0 Å². The number of carbonyl (C=O) groups excluding carboxylic acids is 3. The van der Waals surface area contributed by atoms with Crippen molar-refractivity contribution in [2.75, 3.05) is 19.8 Å². The first-order chi connectivity index (χ1) is 16.9. The molecule has 0 bridgehead atoms. The Morgan fingerprint density at radius 1 is 1.11 bits per heavy atom. The van der Waals surface area contributed by atoms with Gasteiger partial charge in [-0.3, -0.25) is 9.59 Å². The highest BCUT2D eigenvalue weighted by molar-refractivity contribution is 7.10. The Morgan fingerprint density at radius 2 is 1.89 bits per heavy atom. The predicted molar refractivity (Wildman–Crippen MR) is 132 cm³/mol. The van der Waals surface area contributed by atoms with Gasteiger partial charge in [-0.2, -0.15) is 0 Å². The normalized spacial score (nSPS) is 19.8. The Bertz CT molecular complexity index is 1160. The number of dihydropyridines is 1. The lowest BCUT2D eigenvalue weighted by atomic mass is 9.72. The lowest BCUT2D eigenvalue weighted by Crippen LogP contribution is -2.36. The van der Waals surface area contributed by atoms with Gasteiger partial charge in [-0.1, -0.05) is 18.2 Å². The molecule has 0 fully saturated rings. The van der Waals surface area contributed by atoms with Crippen LogP contribution >= 0.6 is 11.3 Å². The van der Waals surface area contributed by atoms with Crippen molar-refractivity contribution in [2.24, 2.45) is 0 Å². The highest BCUT2D eigenvalue weighted by Gasteiger charge is 2.41. The number of ether oxygens (including phenoxy) is 3. The third-order valence-electron chi connectivity index (χ3n) is 6.13. The van der Waals surface area contributed by atoms with E-state index in [0.717, 1.165) is 11.3 Å². The van der Waals surface area contributed by atoms with Crippen molar-refractivity contribution < 1.29 is 28.6 Å². The molecule has 7 nitrogen and oxygen atoms in total. The highest BCUT2D eigenvalue weighted by atomic mass is 32.1. The van der Waals surface area contributed by atoms with E-state index in [1.165, 1.54) is 11.8 Å². The van der Waals surface area contributed by atoms with Gasteiger partial charge in [0.2, 0.25) is 0 Å². The fraction of sp³-hybridized carbons (Fsp3) is 0.370. The molecule has 0 unspecified atom stereocenters. The van der Waals surface area contributed by atoms with Gasteiger partial charge in [-0.25, -0.2) is 4.79 Å². The number of ketones is 1. The van der Waals surface area contributed by atoms with Crippen LogP contribution in [0.4, 0.5) is 0 Å². The Labute approximate surface area is 208 Å². The number of esters is 2. The molecule has 2 atom stereocenters. The SMILES string of the molecule is CCOCCOC(=O)C1=C(C)NC2=C(C(=O)C[C@@H](c3cccs3)C2)[C@H]1c1ccc(OC(C)=O)cc1. The first kappa shape index (κ1) is 24.9. The maximum absolute atomic E-state index is 13.5. The molecule has 0 saturated heterocycles. The van der Waals surface area contributed by atoms with E-state index in [-0.39, 0.29) is 18.3 Å². The summed E-state index contributed by atoms with van der Waals surface area (Å²) in [7, 11) is 0. The molecule has 2 aliphatic rings. The third kappa shape index (κ3) is 5.55. The van der Waals surface area contributed by atoms with Gasteiger partial charge in [0.05, 0.1) is 12.2 Å². The van der Waals surface area contributed by atoms with Gasteiger partial charge in [-0.15, -0.1) is 11.3 Å². The van der Waals surface area contributed by atoms with Gasteiger partial charge in [0.25, 0.3) is 0 Å². The number of benzene rings is 1. The van der Waals surface area contributed by atoms with E-state index in [4.69, 9.17) is 14.2 Å². The van der Waals surface area contributed by atoms with E-state index in [0.29, 0.717) is 48.6 Å². The van der Waals surface area contributed by atoms with Gasteiger partial charge in [0, 0.05) is 53.6 Å². The smallest absolute Gasteiger partial charge is 0.336 e. The summed E-state index contributed by atoms with van der Waals surface area (Å²) in [5, 5.41) is 5.37. The molecule has 1 N–H and O–H groups in total. The second-order valence-corrected chi connectivity index (χ2v) is 9.51. The highest BCUT2D eigenvalue weighted by Crippen LogP contribution is 2.46. The molecular weight excluding hydrogens is 466 g/mol. The zero-order valence-electron chi connectivity index (χ0n) is 20.1. The van der Waals surface area contributed by atoms with Crippen molar-refractivity contribution in [1.29, 1.82) is 0 Å². The van der Waals surface area contributed by atoms with Crippen molar-refractivity contribution in [3.63, 3.8) is 0 Å². The molecule has 35 heavy (non-hydrogen) atoms. The molecule has 184 valence electrons. The summed E-state index contributed by atoms with van der Waals surface area (Å²) in [6.45, 7) is 6.02. The molecule has 1 aromatic carbocycles. The molecule has 0 saturated carbocycles. The fourth-order valence-corrected chi connectivity index (χ4v) is 5.51. The molecule has 1 aliphatic carbocycles. The fourth-order valence-electron chi connectivity index (χ4n) is 4.68. The van der Waals surface area contributed by atoms with Gasteiger partial charge >= 0.3 is 11.9 Å². The summed E-state index contributed by atoms with van der Waals surface area (Å²) in [6.07, 6.45) is 1.07. The monoisotopic (exact) mass is 495 g/mol. The average Bonchev–Trinajstić information content (AvgIpc) is 3.36. The zero-order chi connectivity index (χ0) is 24.9. The number of carbonyl (C=O) groups is 3. The lowest BCUT2D eigenvalue weighted by molar-refractivity contribution is -0.141. The van der Waals surface area contributed by atoms with Crippen LogP contribution in [0.25, 0.3) is 0 Å². The maximum Gasteiger partial charge on any atom is 0.336 e. The number of nitrogens with one attached hydrogen (secondary N) is 1. The number of allylic oxidation sites excluding steroid dienone is 3. The van der Waals surface area contributed by atoms with Crippen LogP contribution in [0.15, 0.2) is 64.3 Å². The number of hydrogen-bond donors (Lipinski definition) is 1. The molecular formula is C27H29NO6S. The molecule has 1 aliphatic heterocycles. The first-order valence-electron chi connectivity index (χ1n) is 11.7. The van der Waals surface area contributed by atoms with Crippen LogP contribution in [-0.2, 0) is 23.9 Å². The second kappa shape index (κ2) is 11.0. The number of Topliss-reactive ketones (excluding diaryl/α,β-unsaturated/α-hetero) is 1. The lowest BCUT2D eigenvalue weighted by Gasteiger charge is -2.36. The van der Waals surface area contributed by atoms with Crippen molar-refractivity contribution in [2.45, 2.75) is 45.4 Å². The number of hydrogen-bond acceptors (Lipinski definition) is 8. The maximum atomic E-state index is 13.5. The van der Waals surface area contributed by atoms with Crippen molar-refractivity contribution in [3.8, 4) is 5.75 Å². The Kier molecular flexibility index (Phi) is 7.83. The molecule has 0 radical (unpaired) electrons. The molecule has 8 heteroatoms. The molecule has 0 spiro atoms. The summed E-state index contributed by atoms with van der Waals surface area (Å²) >= 11 is 1.65. The topological polar surface area (TPSA) is 90.9 Å². The van der Waals surface area contributed by atoms with Gasteiger partial charge < -0.3 is 19.5 Å². The van der Waals surface area contributed by atoms with Crippen LogP contribution in [0.5, 0.6) is 5.75 Å². The van der Waals surface area contributed by atoms with Crippen LogP contribution in [0.3, 0.4) is 0 Å². The van der Waals surface area contributed by atoms with Crippen molar-refractivity contribution in [3.05, 3.63) is 74.8 Å². The van der Waals surface area contributed by atoms with E-state index < -0.39 is 17.9 Å². The van der Waals surface area contributed by atoms with Crippen LogP contribution in [0.2, 0.25) is 0 Å². The average molecular weight is 496 g/mol. The van der Waals surface area contributed by atoms with Crippen LogP contribution < -0.4 is 10.1 Å². The van der Waals surface area contributed by atoms with Gasteiger partial charge in [-0.05, 0) is 49.4 Å². The Hall–Kier alpha value is -3.23. The van der Waals surface area contributed by atoms with E-state index in [9.17, 15) is 14.4 Å². The van der Waals surface area contributed by atoms with Crippen LogP contribution in [-0.4, -0.2) is 37.5 Å². The molecule has 0 amide bonds. The standard InChI is InChI=1S/C27H29NO6S/c1-4-32-11-12-33-27(31)24-16(2)28-21-14-19(23-6-5-13-35-23)15-22(30)26(21)25(24)18-7-9-20(10-8-18)34-17(3)29/h5-10,13,19,25,28H,4,11-12,14-15H2,1-3H3/t19-,25-/m0/s1. The van der Waals surface area contributed by atoms with Gasteiger partial charge in [0.1, 0.15) is 12.4 Å². The van der Waals surface area contributed by atoms with Gasteiger partial charge in [0.15, 0.2) is 5.78 Å². The molecule has 1 aromatic heterocycles. The molecule has 4 rings (SSSR count). The largest absolute Gasteiger partial charge is 0.460 e. The molecule has 2 aromatic rings. The summed E-state index contributed by atoms with van der Waals surface area (Å²) in [5.41, 5.74) is 3.27. The summed E-state index contributed by atoms with van der Waals surface area (Å²) < 4.78 is 16.0. The Balaban J connectivity index is 1.70. The van der Waals surface area contributed by atoms with Crippen LogP contribution in [0, 0.1) is 0 Å². The minimum absolute atomic E-state index is 0.0123. The van der Waals surface area contributed by atoms with E-state index in [2.05, 4.69) is 11.4 Å². The second-order valence-electron chi connectivity index (χ2n) is 8.53. The van der Waals surface area contributed by atoms with Crippen molar-refractivity contribution in [1.82, 2.24) is 5.32 Å². The molecule has 2 heterocycles. The Morgan fingerprint density at radius 3 is 2.54 bits per heavy atom. The quantitative estimate of drug-likeness (QED) is 0.325. The minimum Gasteiger partial charge on any atom is -0.460 e. The minimum atomic E-state index is -0.575. The summed E-state index contributed by atoms with van der Waals surface area (Å²) in [4.78, 5) is 39.3. The zero-order valence-corrected chi connectivity index (χ0v) is 20.9. The third-order valence-corrected chi connectivity index (χ3v) is 7.17. The van der Waals surface area contributed by atoms with E-state index in [1.807, 2.05) is 25.3 Å². The number of rotatable bonds is 8. The first-order valence-corrected chi connectivity index (χ1v) is 12.6. The summed E-state index contributed by atoms with van der Waals surface area (Å²) in [5.74, 6) is -0.955. The van der Waals surface area contributed by atoms with Crippen molar-refractivity contribution >= 4 is 29.1 Å². The van der Waals surface area contributed by atoms with E-state index in [1.54, 1.807) is 35.6 Å².